The fourth-order valence-corrected chi connectivity index (χ4v) is 3.37. The van der Waals surface area contributed by atoms with Crippen molar-refractivity contribution >= 4 is 11.5 Å². The van der Waals surface area contributed by atoms with Gasteiger partial charge in [-0.2, -0.15) is 0 Å². The molecule has 0 unspecified atom stereocenters. The largest absolute Gasteiger partial charge is 0.379 e. The van der Waals surface area contributed by atoms with Gasteiger partial charge in [0.15, 0.2) is 0 Å². The summed E-state index contributed by atoms with van der Waals surface area (Å²) in [5.74, 6) is 0.730. The average molecular weight is 336 g/mol. The molecule has 1 fully saturated rings. The summed E-state index contributed by atoms with van der Waals surface area (Å²) in [6.45, 7) is 1.37. The third-order valence-corrected chi connectivity index (χ3v) is 4.72. The average Bonchev–Trinajstić information content (AvgIpc) is 3.09. The second-order valence-corrected chi connectivity index (χ2v) is 6.68. The minimum atomic E-state index is 0.441. The Morgan fingerprint density at radius 1 is 1.16 bits per heavy atom. The van der Waals surface area contributed by atoms with E-state index in [-0.39, 0.29) is 0 Å². The summed E-state index contributed by atoms with van der Waals surface area (Å²) in [6.07, 6.45) is 12.6. The van der Waals surface area contributed by atoms with Gasteiger partial charge in [0.25, 0.3) is 0 Å². The summed E-state index contributed by atoms with van der Waals surface area (Å²) in [5, 5.41) is 3.44. The van der Waals surface area contributed by atoms with Gasteiger partial charge >= 0.3 is 0 Å². The first-order valence-corrected chi connectivity index (χ1v) is 9.10. The molecule has 0 amide bonds. The molecule has 2 heterocycles. The molecule has 1 saturated carbocycles. The normalized spacial score (nSPS) is 15.5. The zero-order chi connectivity index (χ0) is 16.9. The smallest absolute Gasteiger partial charge is 0.233 e. The first-order chi connectivity index (χ1) is 12.4. The maximum Gasteiger partial charge on any atom is 0.233 e. The highest BCUT2D eigenvalue weighted by molar-refractivity contribution is 5.46. The molecule has 1 aromatic carbocycles. The van der Waals surface area contributed by atoms with Crippen LogP contribution in [-0.4, -0.2) is 20.5 Å². The van der Waals surface area contributed by atoms with E-state index < -0.39 is 0 Å². The zero-order valence-corrected chi connectivity index (χ0v) is 14.4. The number of aromatic nitrogens is 3. The van der Waals surface area contributed by atoms with Gasteiger partial charge in [-0.1, -0.05) is 31.4 Å². The van der Waals surface area contributed by atoms with Crippen molar-refractivity contribution < 1.29 is 4.74 Å². The highest BCUT2D eigenvalue weighted by Crippen LogP contribution is 2.22. The number of benzene rings is 1. The third-order valence-electron chi connectivity index (χ3n) is 4.72. The summed E-state index contributed by atoms with van der Waals surface area (Å²) in [4.78, 5) is 8.76. The monoisotopic (exact) mass is 336 g/mol. The van der Waals surface area contributed by atoms with Crippen LogP contribution in [0.1, 0.15) is 43.4 Å². The van der Waals surface area contributed by atoms with Crippen LogP contribution in [-0.2, 0) is 17.9 Å². The lowest BCUT2D eigenvalue weighted by atomic mass is 9.98. The molecule has 130 valence electrons. The molecular formula is C20H24N4O. The lowest BCUT2D eigenvalue weighted by Gasteiger charge is -2.22. The van der Waals surface area contributed by atoms with Gasteiger partial charge in [0.05, 0.1) is 24.9 Å². The molecule has 0 radical (unpaired) electrons. The maximum absolute atomic E-state index is 6.07. The Labute approximate surface area is 148 Å². The van der Waals surface area contributed by atoms with Crippen molar-refractivity contribution in [3.05, 3.63) is 60.2 Å². The number of imidazole rings is 1. The van der Waals surface area contributed by atoms with Crippen molar-refractivity contribution in [1.29, 1.82) is 0 Å². The Morgan fingerprint density at radius 2 is 2.08 bits per heavy atom. The number of nitrogens with zero attached hydrogens (tertiary/aromatic N) is 3. The number of rotatable bonds is 6. The van der Waals surface area contributed by atoms with Gasteiger partial charge in [0.2, 0.25) is 5.78 Å². The molecule has 5 nitrogen and oxygen atoms in total. The van der Waals surface area contributed by atoms with Crippen molar-refractivity contribution in [3.63, 3.8) is 0 Å². The Bertz CT molecular complexity index is 790. The SMILES string of the molecule is c1cc(COC2CCCCC2)cc(NCc2cn3cccnc3n2)c1. The molecule has 25 heavy (non-hydrogen) atoms. The van der Waals surface area contributed by atoms with Crippen LogP contribution in [0.2, 0.25) is 0 Å². The summed E-state index contributed by atoms with van der Waals surface area (Å²) in [7, 11) is 0. The molecule has 1 aliphatic carbocycles. The number of fused-ring (bicyclic) bond motifs is 1. The van der Waals surface area contributed by atoms with Gasteiger partial charge in [-0.3, -0.25) is 4.40 Å². The third kappa shape index (κ3) is 4.17. The molecule has 0 aliphatic heterocycles. The Hall–Kier alpha value is -2.40. The van der Waals surface area contributed by atoms with Gasteiger partial charge in [0.1, 0.15) is 0 Å². The standard InChI is InChI=1S/C20H24N4O/c1-2-8-19(9-3-1)25-15-16-6-4-7-17(12-16)22-13-18-14-24-11-5-10-21-20(24)23-18/h4-7,10-12,14,19,22H,1-3,8-9,13,15H2. The number of hydrogen-bond acceptors (Lipinski definition) is 4. The minimum Gasteiger partial charge on any atom is -0.379 e. The van der Waals surface area contributed by atoms with E-state index in [9.17, 15) is 0 Å². The second-order valence-electron chi connectivity index (χ2n) is 6.68. The first kappa shape index (κ1) is 16.1. The van der Waals surface area contributed by atoms with Crippen LogP contribution in [0, 0.1) is 0 Å². The number of ether oxygens (including phenoxy) is 1. The first-order valence-electron chi connectivity index (χ1n) is 9.10. The van der Waals surface area contributed by atoms with Crippen molar-refractivity contribution in [2.24, 2.45) is 0 Å². The number of hydrogen-bond donors (Lipinski definition) is 1. The maximum atomic E-state index is 6.07. The molecule has 5 heteroatoms. The van der Waals surface area contributed by atoms with Gasteiger partial charge in [-0.05, 0) is 36.6 Å². The molecule has 4 rings (SSSR count). The molecule has 1 aliphatic rings. The predicted molar refractivity (Wildman–Crippen MR) is 98.4 cm³/mol. The van der Waals surface area contributed by atoms with Crippen LogP contribution >= 0.6 is 0 Å². The van der Waals surface area contributed by atoms with Crippen molar-refractivity contribution in [2.45, 2.75) is 51.4 Å². The molecule has 1 N–H and O–H groups in total. The summed E-state index contributed by atoms with van der Waals surface area (Å²) in [5.41, 5.74) is 3.28. The van der Waals surface area contributed by atoms with E-state index in [4.69, 9.17) is 4.74 Å². The van der Waals surface area contributed by atoms with Crippen LogP contribution < -0.4 is 5.32 Å². The van der Waals surface area contributed by atoms with Crippen molar-refractivity contribution in [2.75, 3.05) is 5.32 Å². The van der Waals surface area contributed by atoms with E-state index in [2.05, 4.69) is 39.6 Å². The Morgan fingerprint density at radius 3 is 2.96 bits per heavy atom. The predicted octanol–water partition coefficient (Wildman–Crippen LogP) is 4.19. The molecule has 2 aromatic heterocycles. The topological polar surface area (TPSA) is 51.5 Å². The lowest BCUT2D eigenvalue weighted by Crippen LogP contribution is -2.16. The lowest BCUT2D eigenvalue weighted by molar-refractivity contribution is 0.0169. The molecule has 0 bridgehead atoms. The van der Waals surface area contributed by atoms with E-state index in [0.29, 0.717) is 19.3 Å². The van der Waals surface area contributed by atoms with Crippen molar-refractivity contribution in [1.82, 2.24) is 14.4 Å². The number of nitrogens with one attached hydrogen (secondary N) is 1. The van der Waals surface area contributed by atoms with Crippen molar-refractivity contribution in [3.8, 4) is 0 Å². The van der Waals surface area contributed by atoms with E-state index in [1.54, 1.807) is 6.20 Å². The summed E-state index contributed by atoms with van der Waals surface area (Å²) >= 11 is 0. The van der Waals surface area contributed by atoms with Crippen LogP contribution in [0.25, 0.3) is 5.78 Å². The van der Waals surface area contributed by atoms with Crippen LogP contribution in [0.5, 0.6) is 0 Å². The van der Waals surface area contributed by atoms with Crippen LogP contribution in [0.15, 0.2) is 48.9 Å². The van der Waals surface area contributed by atoms with Crippen LogP contribution in [0.4, 0.5) is 5.69 Å². The second kappa shape index (κ2) is 7.66. The van der Waals surface area contributed by atoms with Crippen LogP contribution in [0.3, 0.4) is 0 Å². The molecule has 0 saturated heterocycles. The van der Waals surface area contributed by atoms with Gasteiger partial charge in [-0.15, -0.1) is 0 Å². The molecule has 0 atom stereocenters. The van der Waals surface area contributed by atoms with Gasteiger partial charge in [0, 0.05) is 24.3 Å². The molecule has 0 spiro atoms. The highest BCUT2D eigenvalue weighted by Gasteiger charge is 2.13. The van der Waals surface area contributed by atoms with E-state index in [0.717, 1.165) is 17.2 Å². The van der Waals surface area contributed by atoms with Gasteiger partial charge in [-0.25, -0.2) is 9.97 Å². The summed E-state index contributed by atoms with van der Waals surface area (Å²) < 4.78 is 8.01. The van der Waals surface area contributed by atoms with E-state index >= 15 is 0 Å². The molecule has 3 aromatic rings. The quantitative estimate of drug-likeness (QED) is 0.733. The number of anilines is 1. The minimum absolute atomic E-state index is 0.441. The van der Waals surface area contributed by atoms with Gasteiger partial charge < -0.3 is 10.1 Å². The molecular weight excluding hydrogens is 312 g/mol. The fraction of sp³-hybridized carbons (Fsp3) is 0.400. The Balaban J connectivity index is 1.34. The van der Waals surface area contributed by atoms with E-state index in [1.807, 2.05) is 22.9 Å². The zero-order valence-electron chi connectivity index (χ0n) is 14.4. The van der Waals surface area contributed by atoms with E-state index in [1.165, 1.54) is 37.7 Å². The summed E-state index contributed by atoms with van der Waals surface area (Å²) in [6, 6.07) is 10.4. The highest BCUT2D eigenvalue weighted by atomic mass is 16.5. The fourth-order valence-electron chi connectivity index (χ4n) is 3.37. The Kier molecular flexibility index (Phi) is 4.93.